The minimum absolute atomic E-state index is 0.0912. The Bertz CT molecular complexity index is 1910. The van der Waals surface area contributed by atoms with E-state index in [0.29, 0.717) is 12.1 Å². The zero-order valence-electron chi connectivity index (χ0n) is 27.4. The maximum absolute atomic E-state index is 14.3. The van der Waals surface area contributed by atoms with Gasteiger partial charge in [-0.2, -0.15) is 4.98 Å². The number of carbonyl (C=O) groups is 2. The predicted molar refractivity (Wildman–Crippen MR) is 181 cm³/mol. The highest BCUT2D eigenvalue weighted by atomic mass is 32.2. The summed E-state index contributed by atoms with van der Waals surface area (Å²) >= 11 is 0. The molecule has 0 unspecified atom stereocenters. The summed E-state index contributed by atoms with van der Waals surface area (Å²) in [4.78, 5) is 39.5. The molecule has 0 radical (unpaired) electrons. The van der Waals surface area contributed by atoms with E-state index in [9.17, 15) is 18.0 Å². The first-order chi connectivity index (χ1) is 23.0. The van der Waals surface area contributed by atoms with Gasteiger partial charge in [-0.15, -0.1) is 0 Å². The third-order valence-corrected chi connectivity index (χ3v) is 9.90. The van der Waals surface area contributed by atoms with Gasteiger partial charge >= 0.3 is 6.09 Å². The number of nitrogens with zero attached hydrogens (tertiary/aromatic N) is 4. The van der Waals surface area contributed by atoms with Crippen molar-refractivity contribution >= 4 is 28.0 Å². The number of likely N-dealkylation sites (tertiary alicyclic amines) is 1. The van der Waals surface area contributed by atoms with E-state index in [2.05, 4.69) is 28.5 Å². The van der Waals surface area contributed by atoms with Crippen LogP contribution >= 0.6 is 0 Å². The van der Waals surface area contributed by atoms with E-state index in [0.717, 1.165) is 22.3 Å². The number of carbonyl (C=O) groups excluding carboxylic acids is 2. The van der Waals surface area contributed by atoms with E-state index in [1.807, 2.05) is 62.4 Å². The molecule has 1 N–H and O–H groups in total. The van der Waals surface area contributed by atoms with Crippen LogP contribution < -0.4 is 9.46 Å². The van der Waals surface area contributed by atoms with E-state index in [1.54, 1.807) is 28.0 Å². The van der Waals surface area contributed by atoms with Gasteiger partial charge in [0.15, 0.2) is 0 Å². The van der Waals surface area contributed by atoms with Crippen molar-refractivity contribution in [3.05, 3.63) is 101 Å². The average Bonchev–Trinajstić information content (AvgIpc) is 3.03. The van der Waals surface area contributed by atoms with Crippen LogP contribution in [0, 0.1) is 19.8 Å². The van der Waals surface area contributed by atoms with Crippen LogP contribution in [0.3, 0.4) is 0 Å². The largest absolute Gasteiger partial charge is 0.475 e. The Hall–Kier alpha value is -4.97. The number of hydrogen-bond donors (Lipinski definition) is 1. The minimum Gasteiger partial charge on any atom is -0.475 e. The molecule has 1 atom stereocenters. The number of aromatic nitrogens is 2. The summed E-state index contributed by atoms with van der Waals surface area (Å²) in [6.45, 7) is 8.83. The van der Waals surface area contributed by atoms with Crippen molar-refractivity contribution in [3.63, 3.8) is 0 Å². The molecule has 250 valence electrons. The molecule has 1 saturated heterocycles. The number of sulfonamides is 1. The second-order valence-corrected chi connectivity index (χ2v) is 14.4. The van der Waals surface area contributed by atoms with Gasteiger partial charge in [0.05, 0.1) is 22.7 Å². The second kappa shape index (κ2) is 13.6. The van der Waals surface area contributed by atoms with Crippen molar-refractivity contribution in [1.29, 1.82) is 0 Å². The van der Waals surface area contributed by atoms with Gasteiger partial charge in [-0.25, -0.2) is 22.9 Å². The highest BCUT2D eigenvalue weighted by molar-refractivity contribution is 7.92. The normalized spacial score (nSPS) is 17.7. The van der Waals surface area contributed by atoms with Crippen molar-refractivity contribution in [2.24, 2.45) is 5.92 Å². The number of benzene rings is 3. The molecule has 4 bridgehead atoms. The summed E-state index contributed by atoms with van der Waals surface area (Å²) in [6.07, 6.45) is 0.135. The van der Waals surface area contributed by atoms with E-state index >= 15 is 0 Å². The molecule has 2 aliphatic rings. The summed E-state index contributed by atoms with van der Waals surface area (Å²) in [5, 5.41) is 0. The van der Waals surface area contributed by atoms with Crippen LogP contribution in [0.5, 0.6) is 5.88 Å². The Labute approximate surface area is 281 Å². The molecule has 2 aliphatic heterocycles. The number of amides is 2. The van der Waals surface area contributed by atoms with Crippen LogP contribution in [0.2, 0.25) is 0 Å². The monoisotopic (exact) mass is 669 g/mol. The molecule has 11 nitrogen and oxygen atoms in total. The molecular weight excluding hydrogens is 630 g/mol. The van der Waals surface area contributed by atoms with Gasteiger partial charge in [0.25, 0.3) is 15.9 Å². The van der Waals surface area contributed by atoms with E-state index in [-0.39, 0.29) is 66.5 Å². The van der Waals surface area contributed by atoms with E-state index in [4.69, 9.17) is 9.47 Å². The van der Waals surface area contributed by atoms with Crippen molar-refractivity contribution in [1.82, 2.24) is 19.8 Å². The van der Waals surface area contributed by atoms with Gasteiger partial charge in [0, 0.05) is 30.3 Å². The second-order valence-electron chi connectivity index (χ2n) is 12.7. The molecule has 0 spiro atoms. The number of aryl methyl sites for hydroxylation is 2. The first-order valence-corrected chi connectivity index (χ1v) is 17.5. The quantitative estimate of drug-likeness (QED) is 0.271. The lowest BCUT2D eigenvalue weighted by Gasteiger charge is -2.47. The Morgan fingerprint density at radius 2 is 1.69 bits per heavy atom. The Morgan fingerprint density at radius 3 is 2.40 bits per heavy atom. The highest BCUT2D eigenvalue weighted by Gasteiger charge is 2.42. The molecule has 48 heavy (non-hydrogen) atoms. The first-order valence-electron chi connectivity index (χ1n) is 16.0. The van der Waals surface area contributed by atoms with Gasteiger partial charge in [0.1, 0.15) is 13.2 Å². The number of hydrogen-bond acceptors (Lipinski definition) is 8. The van der Waals surface area contributed by atoms with Crippen molar-refractivity contribution in [2.75, 3.05) is 24.4 Å². The molecular formula is C36H39N5O6S. The fourth-order valence-electron chi connectivity index (χ4n) is 6.22. The number of ether oxygens (including phenoxy) is 2. The van der Waals surface area contributed by atoms with Gasteiger partial charge in [0.2, 0.25) is 11.8 Å². The molecule has 2 amide bonds. The summed E-state index contributed by atoms with van der Waals surface area (Å²) in [5.74, 6) is -0.123. The molecule has 4 aromatic rings. The van der Waals surface area contributed by atoms with Gasteiger partial charge in [-0.1, -0.05) is 68.4 Å². The maximum atomic E-state index is 14.3. The Kier molecular flexibility index (Phi) is 9.36. The van der Waals surface area contributed by atoms with Crippen LogP contribution in [0.1, 0.15) is 47.3 Å². The minimum atomic E-state index is -4.18. The Balaban J connectivity index is 1.35. The van der Waals surface area contributed by atoms with Crippen molar-refractivity contribution < 1.29 is 27.5 Å². The molecule has 0 saturated carbocycles. The van der Waals surface area contributed by atoms with Crippen LogP contribution in [-0.2, 0) is 21.4 Å². The van der Waals surface area contributed by atoms with Crippen LogP contribution in [0.15, 0.2) is 83.8 Å². The molecule has 6 rings (SSSR count). The topological polar surface area (TPSA) is 131 Å². The zero-order valence-corrected chi connectivity index (χ0v) is 28.2. The fourth-order valence-corrected chi connectivity index (χ4v) is 7.21. The third-order valence-electron chi connectivity index (χ3n) is 8.57. The molecule has 3 aromatic carbocycles. The smallest absolute Gasteiger partial charge is 0.410 e. The van der Waals surface area contributed by atoms with Gasteiger partial charge in [-0.05, 0) is 61.1 Å². The van der Waals surface area contributed by atoms with Gasteiger partial charge < -0.3 is 19.3 Å². The number of anilines is 1. The number of nitrogens with one attached hydrogen (secondary N) is 1. The van der Waals surface area contributed by atoms with E-state index < -0.39 is 22.2 Å². The van der Waals surface area contributed by atoms with Crippen molar-refractivity contribution in [3.8, 4) is 17.1 Å². The summed E-state index contributed by atoms with van der Waals surface area (Å²) in [5.41, 5.74) is 4.37. The third kappa shape index (κ3) is 7.13. The predicted octanol–water partition coefficient (Wildman–Crippen LogP) is 5.83. The molecule has 1 fully saturated rings. The molecule has 1 aromatic heterocycles. The summed E-state index contributed by atoms with van der Waals surface area (Å²) < 4.78 is 41.6. The highest BCUT2D eigenvalue weighted by Crippen LogP contribution is 2.31. The molecule has 12 heteroatoms. The molecule has 3 heterocycles. The zero-order chi connectivity index (χ0) is 34.0. The van der Waals surface area contributed by atoms with Crippen LogP contribution in [0.25, 0.3) is 11.3 Å². The van der Waals surface area contributed by atoms with Crippen LogP contribution in [-0.4, -0.2) is 72.0 Å². The van der Waals surface area contributed by atoms with E-state index in [1.165, 1.54) is 12.1 Å². The van der Waals surface area contributed by atoms with Crippen molar-refractivity contribution in [2.45, 2.75) is 57.7 Å². The SMILES string of the molecule is Cc1cccc(C)c1-c1cc2nc(n1)NS(=O)(=O)c1cccc(c1)C(=O)N(C1CN(C(=O)OCc3ccccc3)C1)[C@H](CC(C)C)CO2. The standard InChI is InChI=1S/C36H39N5O6S/c1-23(2)16-28-22-46-32-18-31(33-24(3)10-8-11-25(33)4)37-35(38-32)39-48(44,45)30-15-9-14-27(17-30)34(42)41(28)29-19-40(20-29)36(43)47-21-26-12-6-5-7-13-26/h5-15,17-18,23,28-29H,16,19-22H2,1-4H3,(H,37,38,39)/t28-/m1/s1. The fraction of sp³-hybridized carbons (Fsp3) is 0.333. The lowest BCUT2D eigenvalue weighted by Crippen LogP contribution is -2.65. The summed E-state index contributed by atoms with van der Waals surface area (Å²) in [6, 6.07) is 22.2. The number of fused-ring (bicyclic) bond motifs is 4. The lowest BCUT2D eigenvalue weighted by atomic mass is 9.97. The maximum Gasteiger partial charge on any atom is 0.410 e. The average molecular weight is 670 g/mol. The van der Waals surface area contributed by atoms with Gasteiger partial charge in [-0.3, -0.25) is 4.79 Å². The Morgan fingerprint density at radius 1 is 0.979 bits per heavy atom. The number of rotatable bonds is 6. The lowest BCUT2D eigenvalue weighted by molar-refractivity contribution is -0.00616. The van der Waals surface area contributed by atoms with Crippen LogP contribution in [0.4, 0.5) is 10.7 Å². The first kappa shape index (κ1) is 33.0. The summed E-state index contributed by atoms with van der Waals surface area (Å²) in [7, 11) is -4.18. The molecule has 0 aliphatic carbocycles.